The van der Waals surface area contributed by atoms with E-state index in [1.807, 2.05) is 12.3 Å². The molecule has 0 spiro atoms. The molecule has 0 bridgehead atoms. The predicted octanol–water partition coefficient (Wildman–Crippen LogP) is 3.73. The van der Waals surface area contributed by atoms with E-state index in [4.69, 9.17) is 0 Å². The van der Waals surface area contributed by atoms with E-state index in [0.29, 0.717) is 0 Å². The number of benzene rings is 1. The summed E-state index contributed by atoms with van der Waals surface area (Å²) in [5, 5.41) is 2.86. The molecule has 0 N–H and O–H groups in total. The monoisotopic (exact) mass is 219 g/mol. The van der Waals surface area contributed by atoms with E-state index in [-0.39, 0.29) is 5.82 Å². The lowest BCUT2D eigenvalue weighted by molar-refractivity contribution is 0.628. The Balaban J connectivity index is 2.33. The van der Waals surface area contributed by atoms with Crippen molar-refractivity contribution in [2.45, 2.75) is 6.92 Å². The topological polar surface area (TPSA) is 12.9 Å². The van der Waals surface area contributed by atoms with Crippen molar-refractivity contribution in [3.63, 3.8) is 0 Å². The smallest absolute Gasteiger partial charge is 0.123 e. The molecule has 0 fully saturated rings. The van der Waals surface area contributed by atoms with E-state index in [1.165, 1.54) is 12.1 Å². The molecule has 76 valence electrons. The summed E-state index contributed by atoms with van der Waals surface area (Å²) in [7, 11) is 0. The standard InChI is InChI=1S/C12H10FNS/c1-8(2)11-7-15-12(14-11)9-3-5-10(13)6-4-9/h3-7H,1H2,2H3. The second kappa shape index (κ2) is 4.11. The quantitative estimate of drug-likeness (QED) is 0.750. The Morgan fingerprint density at radius 1 is 1.33 bits per heavy atom. The maximum Gasteiger partial charge on any atom is 0.123 e. The molecular weight excluding hydrogens is 209 g/mol. The van der Waals surface area contributed by atoms with Gasteiger partial charge in [0.05, 0.1) is 5.69 Å². The summed E-state index contributed by atoms with van der Waals surface area (Å²) in [5.41, 5.74) is 1.84. The average Bonchev–Trinajstić information content (AvgIpc) is 2.68. The number of nitrogens with zero attached hydrogens (tertiary/aromatic N) is 1. The summed E-state index contributed by atoms with van der Waals surface area (Å²) < 4.78 is 12.7. The van der Waals surface area contributed by atoms with Gasteiger partial charge in [0, 0.05) is 16.9 Å². The summed E-state index contributed by atoms with van der Waals surface area (Å²) in [6.07, 6.45) is 0. The summed E-state index contributed by atoms with van der Waals surface area (Å²) in [6.45, 7) is 5.75. The third-order valence-electron chi connectivity index (χ3n) is 2.03. The molecule has 2 radical (unpaired) electrons. The SMILES string of the molecule is [CH2][C](C)c1csc(-c2ccc(F)cc2)n1. The van der Waals surface area contributed by atoms with Crippen LogP contribution in [0.5, 0.6) is 0 Å². The predicted molar refractivity (Wildman–Crippen MR) is 60.9 cm³/mol. The number of hydrogen-bond donors (Lipinski definition) is 0. The first-order chi connectivity index (χ1) is 7.16. The number of aromatic nitrogens is 1. The van der Waals surface area contributed by atoms with Gasteiger partial charge in [-0.15, -0.1) is 11.3 Å². The zero-order valence-electron chi connectivity index (χ0n) is 8.33. The van der Waals surface area contributed by atoms with Crippen molar-refractivity contribution >= 4 is 11.3 Å². The van der Waals surface area contributed by atoms with Gasteiger partial charge >= 0.3 is 0 Å². The van der Waals surface area contributed by atoms with Crippen molar-refractivity contribution in [2.24, 2.45) is 0 Å². The Labute approximate surface area is 92.6 Å². The Kier molecular flexibility index (Phi) is 2.82. The van der Waals surface area contributed by atoms with Gasteiger partial charge in [-0.1, -0.05) is 6.92 Å². The molecule has 1 nitrogen and oxygen atoms in total. The van der Waals surface area contributed by atoms with Gasteiger partial charge in [-0.05, 0) is 31.2 Å². The molecule has 3 heteroatoms. The molecule has 1 aromatic heterocycles. The first-order valence-corrected chi connectivity index (χ1v) is 5.42. The number of rotatable bonds is 2. The minimum atomic E-state index is -0.226. The van der Waals surface area contributed by atoms with Gasteiger partial charge < -0.3 is 0 Å². The number of thiazole rings is 1. The minimum Gasteiger partial charge on any atom is -0.241 e. The fraction of sp³-hybridized carbons (Fsp3) is 0.0833. The number of halogens is 1. The summed E-state index contributed by atoms with van der Waals surface area (Å²) in [4.78, 5) is 4.41. The van der Waals surface area contributed by atoms with Crippen molar-refractivity contribution < 1.29 is 4.39 Å². The molecule has 0 amide bonds. The molecule has 1 heterocycles. The van der Waals surface area contributed by atoms with Gasteiger partial charge in [-0.25, -0.2) is 9.37 Å². The molecule has 0 aliphatic carbocycles. The van der Waals surface area contributed by atoms with E-state index in [2.05, 4.69) is 11.9 Å². The highest BCUT2D eigenvalue weighted by atomic mass is 32.1. The fourth-order valence-electron chi connectivity index (χ4n) is 1.19. The largest absolute Gasteiger partial charge is 0.241 e. The van der Waals surface area contributed by atoms with Gasteiger partial charge in [-0.3, -0.25) is 0 Å². The van der Waals surface area contributed by atoms with Crippen LogP contribution in [-0.4, -0.2) is 4.98 Å². The zero-order chi connectivity index (χ0) is 10.8. The maximum absolute atomic E-state index is 12.7. The van der Waals surface area contributed by atoms with E-state index in [9.17, 15) is 4.39 Å². The van der Waals surface area contributed by atoms with Gasteiger partial charge in [0.1, 0.15) is 10.8 Å². The number of hydrogen-bond acceptors (Lipinski definition) is 2. The fourth-order valence-corrected chi connectivity index (χ4v) is 2.10. The van der Waals surface area contributed by atoms with Crippen LogP contribution in [0.4, 0.5) is 4.39 Å². The average molecular weight is 219 g/mol. The molecular formula is C12H10FNS. The van der Waals surface area contributed by atoms with Crippen LogP contribution >= 0.6 is 11.3 Å². The van der Waals surface area contributed by atoms with E-state index in [0.717, 1.165) is 22.2 Å². The molecule has 0 atom stereocenters. The molecule has 0 unspecified atom stereocenters. The lowest BCUT2D eigenvalue weighted by Crippen LogP contribution is -1.88. The van der Waals surface area contributed by atoms with Crippen LogP contribution in [0, 0.1) is 18.7 Å². The van der Waals surface area contributed by atoms with Gasteiger partial charge in [-0.2, -0.15) is 0 Å². The van der Waals surface area contributed by atoms with Crippen LogP contribution in [0.2, 0.25) is 0 Å². The minimum absolute atomic E-state index is 0.226. The molecule has 2 rings (SSSR count). The molecule has 2 aromatic rings. The van der Waals surface area contributed by atoms with Crippen molar-refractivity contribution in [1.82, 2.24) is 4.98 Å². The van der Waals surface area contributed by atoms with E-state index >= 15 is 0 Å². The van der Waals surface area contributed by atoms with Gasteiger partial charge in [0.15, 0.2) is 0 Å². The first kappa shape index (κ1) is 10.3. The highest BCUT2D eigenvalue weighted by molar-refractivity contribution is 7.13. The Hall–Kier alpha value is -1.22. The highest BCUT2D eigenvalue weighted by Gasteiger charge is 2.07. The van der Waals surface area contributed by atoms with E-state index in [1.54, 1.807) is 23.5 Å². The summed E-state index contributed by atoms with van der Waals surface area (Å²) in [6, 6.07) is 6.35. The van der Waals surface area contributed by atoms with Crippen LogP contribution in [0.25, 0.3) is 10.6 Å². The third-order valence-corrected chi connectivity index (χ3v) is 2.92. The Morgan fingerprint density at radius 2 is 2.00 bits per heavy atom. The highest BCUT2D eigenvalue weighted by Crippen LogP contribution is 2.26. The molecule has 1 aromatic carbocycles. The summed E-state index contributed by atoms with van der Waals surface area (Å²) >= 11 is 1.54. The Bertz CT molecular complexity index is 445. The van der Waals surface area contributed by atoms with Gasteiger partial charge in [0.25, 0.3) is 0 Å². The Morgan fingerprint density at radius 3 is 2.53 bits per heavy atom. The lowest BCUT2D eigenvalue weighted by Gasteiger charge is -1.97. The maximum atomic E-state index is 12.7. The van der Waals surface area contributed by atoms with Crippen molar-refractivity contribution in [1.29, 1.82) is 0 Å². The van der Waals surface area contributed by atoms with Crippen molar-refractivity contribution in [3.05, 3.63) is 54.0 Å². The third kappa shape index (κ3) is 2.23. The van der Waals surface area contributed by atoms with Crippen LogP contribution in [0.1, 0.15) is 12.6 Å². The lowest BCUT2D eigenvalue weighted by atomic mass is 10.1. The van der Waals surface area contributed by atoms with Crippen molar-refractivity contribution in [2.75, 3.05) is 0 Å². The normalized spacial score (nSPS) is 10.9. The first-order valence-electron chi connectivity index (χ1n) is 4.54. The molecule has 0 aliphatic rings. The zero-order valence-corrected chi connectivity index (χ0v) is 9.14. The molecule has 0 saturated carbocycles. The second-order valence-electron chi connectivity index (χ2n) is 3.33. The molecule has 15 heavy (non-hydrogen) atoms. The second-order valence-corrected chi connectivity index (χ2v) is 4.18. The van der Waals surface area contributed by atoms with Crippen molar-refractivity contribution in [3.8, 4) is 10.6 Å². The van der Waals surface area contributed by atoms with Gasteiger partial charge in [0.2, 0.25) is 0 Å². The van der Waals surface area contributed by atoms with Crippen LogP contribution < -0.4 is 0 Å². The molecule has 0 saturated heterocycles. The summed E-state index contributed by atoms with van der Waals surface area (Å²) in [5.74, 6) is 0.718. The van der Waals surface area contributed by atoms with Crippen LogP contribution in [0.3, 0.4) is 0 Å². The van der Waals surface area contributed by atoms with Crippen LogP contribution in [0.15, 0.2) is 29.6 Å². The van der Waals surface area contributed by atoms with Crippen LogP contribution in [-0.2, 0) is 0 Å². The van der Waals surface area contributed by atoms with E-state index < -0.39 is 0 Å². The molecule has 0 aliphatic heterocycles.